The Bertz CT molecular complexity index is 1160. The van der Waals surface area contributed by atoms with Gasteiger partial charge in [-0.25, -0.2) is 4.99 Å². The number of hydrogen-bond donors (Lipinski definition) is 3. The number of fused-ring (bicyclic) bond motifs is 1. The molecule has 1 saturated heterocycles. The Morgan fingerprint density at radius 2 is 1.97 bits per heavy atom. The molecule has 0 spiro atoms. The molecule has 2 aromatic rings. The minimum atomic E-state index is 0.120. The van der Waals surface area contributed by atoms with E-state index in [0.717, 1.165) is 42.0 Å². The second-order valence-corrected chi connectivity index (χ2v) is 8.92. The lowest BCUT2D eigenvalue weighted by Gasteiger charge is -2.19. The number of nitrogens with one attached hydrogen (secondary N) is 3. The third kappa shape index (κ3) is 3.81. The molecule has 0 radical (unpaired) electrons. The van der Waals surface area contributed by atoms with Crippen LogP contribution in [0.25, 0.3) is 5.82 Å². The SMILES string of the molecule is CC1N=c2n(C)c(=S)/c(=C(/NCC3CCN(C)C3)Nc3ccccc3)c(=N)n2C1C. The van der Waals surface area contributed by atoms with Crippen LogP contribution in [-0.2, 0) is 7.05 Å². The molecule has 4 rings (SSSR count). The second kappa shape index (κ2) is 8.35. The summed E-state index contributed by atoms with van der Waals surface area (Å²) in [5.41, 5.74) is 2.14. The number of nitrogens with zero attached hydrogens (tertiary/aromatic N) is 4. The van der Waals surface area contributed by atoms with E-state index < -0.39 is 0 Å². The average molecular weight is 426 g/mol. The molecule has 2 aliphatic rings. The third-order valence-corrected chi connectivity index (χ3v) is 6.76. The fourth-order valence-corrected chi connectivity index (χ4v) is 4.59. The molecular weight excluding hydrogens is 394 g/mol. The quantitative estimate of drug-likeness (QED) is 0.632. The van der Waals surface area contributed by atoms with Crippen LogP contribution in [0.2, 0.25) is 0 Å². The van der Waals surface area contributed by atoms with Crippen LogP contribution in [0, 0.1) is 16.0 Å². The largest absolute Gasteiger partial charge is 0.371 e. The molecular formula is C22H31N7S. The van der Waals surface area contributed by atoms with Gasteiger partial charge in [0.25, 0.3) is 0 Å². The number of anilines is 1. The number of hydrogen-bond acceptors (Lipinski definition) is 6. The van der Waals surface area contributed by atoms with Gasteiger partial charge >= 0.3 is 0 Å². The molecule has 3 atom stereocenters. The number of aromatic nitrogens is 2. The maximum absolute atomic E-state index is 9.02. The van der Waals surface area contributed by atoms with Gasteiger partial charge in [-0.3, -0.25) is 9.98 Å². The first-order valence-electron chi connectivity index (χ1n) is 10.6. The van der Waals surface area contributed by atoms with E-state index >= 15 is 0 Å². The Morgan fingerprint density at radius 1 is 1.23 bits per heavy atom. The lowest BCUT2D eigenvalue weighted by atomic mass is 10.1. The van der Waals surface area contributed by atoms with Crippen LogP contribution < -0.4 is 27.0 Å². The van der Waals surface area contributed by atoms with Crippen molar-refractivity contribution in [3.05, 3.63) is 51.3 Å². The Morgan fingerprint density at radius 3 is 2.63 bits per heavy atom. The predicted molar refractivity (Wildman–Crippen MR) is 122 cm³/mol. The molecule has 7 nitrogen and oxygen atoms in total. The van der Waals surface area contributed by atoms with Gasteiger partial charge in [0.05, 0.1) is 17.3 Å². The molecule has 8 heteroatoms. The summed E-state index contributed by atoms with van der Waals surface area (Å²) in [6, 6.07) is 10.3. The highest BCUT2D eigenvalue weighted by molar-refractivity contribution is 7.71. The fraction of sp³-hybridized carbons (Fsp3) is 0.500. The Labute approximate surface area is 182 Å². The van der Waals surface area contributed by atoms with Gasteiger partial charge in [-0.15, -0.1) is 0 Å². The average Bonchev–Trinajstić information content (AvgIpc) is 3.28. The van der Waals surface area contributed by atoms with Gasteiger partial charge in [0.15, 0.2) is 0 Å². The van der Waals surface area contributed by atoms with E-state index in [1.807, 2.05) is 46.5 Å². The summed E-state index contributed by atoms with van der Waals surface area (Å²) >= 11 is 5.82. The van der Waals surface area contributed by atoms with Crippen molar-refractivity contribution in [1.82, 2.24) is 19.4 Å². The summed E-state index contributed by atoms with van der Waals surface area (Å²) in [5.74, 6) is 1.37. The van der Waals surface area contributed by atoms with Gasteiger partial charge in [-0.2, -0.15) is 0 Å². The van der Waals surface area contributed by atoms with Gasteiger partial charge in [0, 0.05) is 25.8 Å². The highest BCUT2D eigenvalue weighted by Gasteiger charge is 2.24. The first-order chi connectivity index (χ1) is 14.4. The molecule has 0 amide bonds. The van der Waals surface area contributed by atoms with Gasteiger partial charge in [-0.1, -0.05) is 30.4 Å². The molecule has 1 fully saturated rings. The van der Waals surface area contributed by atoms with Crippen LogP contribution >= 0.6 is 12.2 Å². The van der Waals surface area contributed by atoms with Crippen molar-refractivity contribution >= 4 is 23.7 Å². The first-order valence-corrected chi connectivity index (χ1v) is 11.0. The zero-order valence-corrected chi connectivity index (χ0v) is 19.0. The summed E-state index contributed by atoms with van der Waals surface area (Å²) in [6.07, 6.45) is 1.18. The maximum Gasteiger partial charge on any atom is 0.207 e. The van der Waals surface area contributed by atoms with Gasteiger partial charge < -0.3 is 20.1 Å². The highest BCUT2D eigenvalue weighted by atomic mass is 32.1. The first kappa shape index (κ1) is 20.8. The molecule has 3 heterocycles. The molecule has 3 unspecified atom stereocenters. The highest BCUT2D eigenvalue weighted by Crippen LogP contribution is 2.15. The second-order valence-electron chi connectivity index (χ2n) is 8.53. The smallest absolute Gasteiger partial charge is 0.207 e. The predicted octanol–water partition coefficient (Wildman–Crippen LogP) is 1.34. The number of para-hydroxylation sites is 1. The van der Waals surface area contributed by atoms with Crippen molar-refractivity contribution in [3.8, 4) is 0 Å². The summed E-state index contributed by atoms with van der Waals surface area (Å²) in [5, 5.41) is 16.9. The minimum Gasteiger partial charge on any atom is -0.371 e. The molecule has 2 aliphatic heterocycles. The minimum absolute atomic E-state index is 0.120. The third-order valence-electron chi connectivity index (χ3n) is 6.29. The molecule has 0 bridgehead atoms. The Balaban J connectivity index is 1.85. The van der Waals surface area contributed by atoms with E-state index in [2.05, 4.69) is 36.4 Å². The summed E-state index contributed by atoms with van der Waals surface area (Å²) in [4.78, 5) is 7.10. The lowest BCUT2D eigenvalue weighted by Crippen LogP contribution is -2.51. The topological polar surface area (TPSA) is 73.4 Å². The molecule has 1 aromatic carbocycles. The Hall–Kier alpha value is -2.45. The monoisotopic (exact) mass is 425 g/mol. The molecule has 30 heavy (non-hydrogen) atoms. The fourth-order valence-electron chi connectivity index (χ4n) is 4.31. The van der Waals surface area contributed by atoms with Gasteiger partial charge in [0.1, 0.15) is 15.9 Å². The maximum atomic E-state index is 9.02. The van der Waals surface area contributed by atoms with Crippen LogP contribution in [0.5, 0.6) is 0 Å². The standard InChI is InChI=1S/C22H31N7S/c1-14-15(2)29-19(23)18(21(30)28(4)22(29)25-14)20(26-17-8-6-5-7-9-17)24-12-16-10-11-27(3)13-16/h5-9,14-16,23-24,26H,10-13H2,1-4H3/b20-18-,23-19?. The normalized spacial score (nSPS) is 24.3. The molecule has 0 saturated carbocycles. The Kier molecular flexibility index (Phi) is 5.79. The van der Waals surface area contributed by atoms with Crippen molar-refractivity contribution in [2.45, 2.75) is 32.4 Å². The molecule has 3 N–H and O–H groups in total. The van der Waals surface area contributed by atoms with E-state index in [9.17, 15) is 0 Å². The molecule has 0 aliphatic carbocycles. The summed E-state index contributed by atoms with van der Waals surface area (Å²) < 4.78 is 4.54. The zero-order valence-electron chi connectivity index (χ0n) is 18.1. The van der Waals surface area contributed by atoms with Crippen molar-refractivity contribution in [2.24, 2.45) is 18.0 Å². The van der Waals surface area contributed by atoms with Crippen LogP contribution in [0.4, 0.5) is 5.69 Å². The van der Waals surface area contributed by atoms with Crippen LogP contribution in [0.1, 0.15) is 26.3 Å². The number of benzene rings is 1. The zero-order chi connectivity index (χ0) is 21.4. The van der Waals surface area contributed by atoms with Crippen molar-refractivity contribution in [2.75, 3.05) is 32.0 Å². The van der Waals surface area contributed by atoms with Crippen LogP contribution in [-0.4, -0.2) is 46.8 Å². The van der Waals surface area contributed by atoms with E-state index in [1.165, 1.54) is 6.42 Å². The molecule has 1 aromatic heterocycles. The van der Waals surface area contributed by atoms with Gasteiger partial charge in [0.2, 0.25) is 5.62 Å². The van der Waals surface area contributed by atoms with E-state index in [4.69, 9.17) is 22.6 Å². The van der Waals surface area contributed by atoms with Crippen molar-refractivity contribution in [1.29, 1.82) is 5.41 Å². The molecule has 160 valence electrons. The number of rotatable bonds is 5. The van der Waals surface area contributed by atoms with E-state index in [1.54, 1.807) is 0 Å². The number of likely N-dealkylation sites (tertiary alicyclic amines) is 1. The van der Waals surface area contributed by atoms with Crippen LogP contribution in [0.3, 0.4) is 0 Å². The van der Waals surface area contributed by atoms with Crippen LogP contribution in [0.15, 0.2) is 35.3 Å². The summed E-state index contributed by atoms with van der Waals surface area (Å²) in [6.45, 7) is 7.25. The summed E-state index contributed by atoms with van der Waals surface area (Å²) in [7, 11) is 4.11. The van der Waals surface area contributed by atoms with Crippen molar-refractivity contribution < 1.29 is 0 Å². The van der Waals surface area contributed by atoms with Gasteiger partial charge in [-0.05, 0) is 51.9 Å². The lowest BCUT2D eigenvalue weighted by molar-refractivity contribution is 0.393. The van der Waals surface area contributed by atoms with E-state index in [0.29, 0.717) is 16.0 Å². The van der Waals surface area contributed by atoms with E-state index in [-0.39, 0.29) is 12.1 Å². The van der Waals surface area contributed by atoms with Crippen molar-refractivity contribution in [3.63, 3.8) is 0 Å².